The SMILES string of the molecule is CCCN(CC(=O)N(Cc1ccccc1)Cc1cccn1Cc1ccc(F)cc1)C(=O)c1ccc(OC)cc1OC. The second kappa shape index (κ2) is 14.2. The van der Waals surface area contributed by atoms with Crippen LogP contribution < -0.4 is 9.47 Å². The number of carbonyl (C=O) groups excluding carboxylic acids is 2. The Labute approximate surface area is 240 Å². The number of nitrogens with zero attached hydrogens (tertiary/aromatic N) is 3. The van der Waals surface area contributed by atoms with Gasteiger partial charge >= 0.3 is 0 Å². The van der Waals surface area contributed by atoms with Gasteiger partial charge in [-0.05, 0) is 53.9 Å². The van der Waals surface area contributed by atoms with Crippen molar-refractivity contribution in [2.24, 2.45) is 0 Å². The van der Waals surface area contributed by atoms with Crippen LogP contribution in [0.3, 0.4) is 0 Å². The van der Waals surface area contributed by atoms with E-state index in [9.17, 15) is 14.0 Å². The molecule has 2 amide bonds. The van der Waals surface area contributed by atoms with Crippen LogP contribution in [-0.4, -0.2) is 53.5 Å². The highest BCUT2D eigenvalue weighted by molar-refractivity contribution is 5.99. The Balaban J connectivity index is 1.57. The molecule has 0 aliphatic rings. The van der Waals surface area contributed by atoms with Crippen LogP contribution in [0.15, 0.2) is 91.1 Å². The van der Waals surface area contributed by atoms with Crippen molar-refractivity contribution in [3.63, 3.8) is 0 Å². The number of ether oxygens (including phenoxy) is 2. The van der Waals surface area contributed by atoms with Crippen LogP contribution in [0.1, 0.15) is 40.5 Å². The molecule has 0 aliphatic heterocycles. The third-order valence-corrected chi connectivity index (χ3v) is 6.86. The van der Waals surface area contributed by atoms with Crippen LogP contribution in [0.2, 0.25) is 0 Å². The lowest BCUT2D eigenvalue weighted by Gasteiger charge is -2.28. The zero-order chi connectivity index (χ0) is 29.2. The summed E-state index contributed by atoms with van der Waals surface area (Å²) in [6.45, 7) is 3.60. The average molecular weight is 558 g/mol. The largest absolute Gasteiger partial charge is 0.497 e. The zero-order valence-corrected chi connectivity index (χ0v) is 23.8. The van der Waals surface area contributed by atoms with E-state index < -0.39 is 0 Å². The summed E-state index contributed by atoms with van der Waals surface area (Å²) in [4.78, 5) is 30.9. The summed E-state index contributed by atoms with van der Waals surface area (Å²) in [5.41, 5.74) is 3.25. The van der Waals surface area contributed by atoms with Gasteiger partial charge in [-0.3, -0.25) is 9.59 Å². The Morgan fingerprint density at radius 2 is 1.59 bits per heavy atom. The molecule has 0 saturated heterocycles. The topological polar surface area (TPSA) is 64.0 Å². The Morgan fingerprint density at radius 1 is 0.829 bits per heavy atom. The summed E-state index contributed by atoms with van der Waals surface area (Å²) >= 11 is 0. The minimum Gasteiger partial charge on any atom is -0.497 e. The highest BCUT2D eigenvalue weighted by Gasteiger charge is 2.25. The predicted octanol–water partition coefficient (Wildman–Crippen LogP) is 5.77. The standard InChI is InChI=1S/C33H36FN3O4/c1-4-18-36(33(39)30-17-16-29(40-2)20-31(30)41-3)24-32(38)37(22-25-9-6-5-7-10-25)23-28-11-8-19-35(28)21-26-12-14-27(34)15-13-26/h5-17,19-20H,4,18,21-24H2,1-3H3. The molecule has 214 valence electrons. The molecule has 0 radical (unpaired) electrons. The van der Waals surface area contributed by atoms with Gasteiger partial charge in [0.15, 0.2) is 0 Å². The number of methoxy groups -OCH3 is 2. The van der Waals surface area contributed by atoms with Gasteiger partial charge in [0.2, 0.25) is 5.91 Å². The molecular weight excluding hydrogens is 521 g/mol. The van der Waals surface area contributed by atoms with E-state index in [1.165, 1.54) is 19.2 Å². The summed E-state index contributed by atoms with van der Waals surface area (Å²) in [6.07, 6.45) is 2.64. The maximum atomic E-state index is 13.9. The molecule has 0 spiro atoms. The first-order valence-electron chi connectivity index (χ1n) is 13.6. The normalized spacial score (nSPS) is 10.7. The lowest BCUT2D eigenvalue weighted by Crippen LogP contribution is -2.43. The van der Waals surface area contributed by atoms with Crippen LogP contribution in [-0.2, 0) is 24.4 Å². The molecule has 7 nitrogen and oxygen atoms in total. The fourth-order valence-corrected chi connectivity index (χ4v) is 4.70. The minimum atomic E-state index is -0.279. The highest BCUT2D eigenvalue weighted by Crippen LogP contribution is 2.26. The van der Waals surface area contributed by atoms with E-state index in [2.05, 4.69) is 4.57 Å². The third kappa shape index (κ3) is 7.75. The van der Waals surface area contributed by atoms with Crippen molar-refractivity contribution in [2.75, 3.05) is 27.3 Å². The van der Waals surface area contributed by atoms with Gasteiger partial charge < -0.3 is 23.8 Å². The maximum Gasteiger partial charge on any atom is 0.258 e. The van der Waals surface area contributed by atoms with Gasteiger partial charge in [0.25, 0.3) is 5.91 Å². The Bertz CT molecular complexity index is 1440. The molecule has 4 rings (SSSR count). The molecule has 0 bridgehead atoms. The van der Waals surface area contributed by atoms with E-state index in [1.54, 1.807) is 47.2 Å². The number of benzene rings is 3. The first-order chi connectivity index (χ1) is 19.9. The molecule has 0 fully saturated rings. The smallest absolute Gasteiger partial charge is 0.258 e. The van der Waals surface area contributed by atoms with Gasteiger partial charge in [0, 0.05) is 37.6 Å². The molecule has 0 N–H and O–H groups in total. The maximum absolute atomic E-state index is 13.9. The minimum absolute atomic E-state index is 0.0760. The van der Waals surface area contributed by atoms with Crippen molar-refractivity contribution in [2.45, 2.75) is 33.0 Å². The van der Waals surface area contributed by atoms with Crippen LogP contribution in [0.5, 0.6) is 11.5 Å². The Kier molecular flexibility index (Phi) is 10.2. The van der Waals surface area contributed by atoms with Crippen LogP contribution in [0, 0.1) is 5.82 Å². The monoisotopic (exact) mass is 557 g/mol. The lowest BCUT2D eigenvalue weighted by atomic mass is 10.1. The first-order valence-corrected chi connectivity index (χ1v) is 13.6. The van der Waals surface area contributed by atoms with Crippen molar-refractivity contribution in [3.8, 4) is 11.5 Å². The average Bonchev–Trinajstić information content (AvgIpc) is 3.43. The molecule has 0 saturated carbocycles. The van der Waals surface area contributed by atoms with Crippen molar-refractivity contribution >= 4 is 11.8 Å². The molecule has 8 heteroatoms. The summed E-state index contributed by atoms with van der Waals surface area (Å²) in [7, 11) is 3.05. The zero-order valence-electron chi connectivity index (χ0n) is 23.8. The van der Waals surface area contributed by atoms with E-state index in [0.29, 0.717) is 49.7 Å². The molecule has 4 aromatic rings. The number of hydrogen-bond acceptors (Lipinski definition) is 4. The first kappa shape index (κ1) is 29.4. The summed E-state index contributed by atoms with van der Waals surface area (Å²) < 4.78 is 26.2. The van der Waals surface area contributed by atoms with Crippen molar-refractivity contribution < 1.29 is 23.5 Å². The third-order valence-electron chi connectivity index (χ3n) is 6.86. The number of amides is 2. The second-order valence-electron chi connectivity index (χ2n) is 9.78. The van der Waals surface area contributed by atoms with Gasteiger partial charge in [-0.15, -0.1) is 0 Å². The summed E-state index contributed by atoms with van der Waals surface area (Å²) in [5, 5.41) is 0. The summed E-state index contributed by atoms with van der Waals surface area (Å²) in [5.74, 6) is 0.244. The van der Waals surface area contributed by atoms with E-state index >= 15 is 0 Å². The van der Waals surface area contributed by atoms with Crippen molar-refractivity contribution in [1.29, 1.82) is 0 Å². The summed E-state index contributed by atoms with van der Waals surface area (Å²) in [6, 6.07) is 25.1. The van der Waals surface area contributed by atoms with Gasteiger partial charge in [-0.2, -0.15) is 0 Å². The molecule has 41 heavy (non-hydrogen) atoms. The van der Waals surface area contributed by atoms with Crippen LogP contribution >= 0.6 is 0 Å². The van der Waals surface area contributed by atoms with E-state index in [4.69, 9.17) is 9.47 Å². The number of hydrogen-bond donors (Lipinski definition) is 0. The van der Waals surface area contributed by atoms with Gasteiger partial charge in [-0.1, -0.05) is 49.4 Å². The van der Waals surface area contributed by atoms with E-state index in [0.717, 1.165) is 16.8 Å². The number of carbonyl (C=O) groups is 2. The fourth-order valence-electron chi connectivity index (χ4n) is 4.70. The molecular formula is C33H36FN3O4. The Morgan fingerprint density at radius 3 is 2.27 bits per heavy atom. The Hall–Kier alpha value is -4.59. The molecule has 0 atom stereocenters. The predicted molar refractivity (Wildman–Crippen MR) is 156 cm³/mol. The van der Waals surface area contributed by atoms with Crippen molar-refractivity contribution in [1.82, 2.24) is 14.4 Å². The van der Waals surface area contributed by atoms with Gasteiger partial charge in [0.05, 0.1) is 26.3 Å². The second-order valence-corrected chi connectivity index (χ2v) is 9.78. The van der Waals surface area contributed by atoms with Gasteiger partial charge in [-0.25, -0.2) is 4.39 Å². The lowest BCUT2D eigenvalue weighted by molar-refractivity contribution is -0.133. The van der Waals surface area contributed by atoms with Crippen LogP contribution in [0.4, 0.5) is 4.39 Å². The van der Waals surface area contributed by atoms with E-state index in [1.807, 2.05) is 55.6 Å². The van der Waals surface area contributed by atoms with Gasteiger partial charge in [0.1, 0.15) is 23.9 Å². The quantitative estimate of drug-likeness (QED) is 0.209. The number of halogens is 1. The molecule has 0 unspecified atom stereocenters. The molecule has 3 aromatic carbocycles. The number of aromatic nitrogens is 1. The highest BCUT2D eigenvalue weighted by atomic mass is 19.1. The fraction of sp³-hybridized carbons (Fsp3) is 0.273. The number of rotatable bonds is 13. The van der Waals surface area contributed by atoms with E-state index in [-0.39, 0.29) is 24.2 Å². The van der Waals surface area contributed by atoms with Crippen LogP contribution in [0.25, 0.3) is 0 Å². The molecule has 1 aromatic heterocycles. The molecule has 0 aliphatic carbocycles. The van der Waals surface area contributed by atoms with Crippen molar-refractivity contribution in [3.05, 3.63) is 119 Å². The molecule has 1 heterocycles.